The first-order valence-corrected chi connectivity index (χ1v) is 12.3. The predicted molar refractivity (Wildman–Crippen MR) is 124 cm³/mol. The molecule has 1 unspecified atom stereocenters. The maximum absolute atomic E-state index is 13.0. The van der Waals surface area contributed by atoms with E-state index in [-0.39, 0.29) is 24.3 Å². The summed E-state index contributed by atoms with van der Waals surface area (Å²) in [7, 11) is 0. The number of carbonyl (C=O) groups excluding carboxylic acids is 2. The highest BCUT2D eigenvalue weighted by Gasteiger charge is 2.38. The lowest BCUT2D eigenvalue weighted by Gasteiger charge is -2.35. The minimum absolute atomic E-state index is 0.0615. The fraction of sp³-hybridized carbons (Fsp3) is 0.615. The van der Waals surface area contributed by atoms with Crippen molar-refractivity contribution in [2.45, 2.75) is 95.8 Å². The van der Waals surface area contributed by atoms with Crippen molar-refractivity contribution in [3.05, 3.63) is 47.2 Å². The molecule has 2 fully saturated rings. The second-order valence-electron chi connectivity index (χ2n) is 9.96. The summed E-state index contributed by atoms with van der Waals surface area (Å²) in [5.41, 5.74) is 3.58. The third kappa shape index (κ3) is 5.62. The summed E-state index contributed by atoms with van der Waals surface area (Å²) in [6.45, 7) is 6.28. The largest absolute Gasteiger partial charge is 0.329 e. The van der Waals surface area contributed by atoms with Gasteiger partial charge in [-0.05, 0) is 68.6 Å². The van der Waals surface area contributed by atoms with Gasteiger partial charge < -0.3 is 15.5 Å². The van der Waals surface area contributed by atoms with Crippen LogP contribution in [0, 0.1) is 5.92 Å². The number of allylic oxidation sites excluding steroid dienone is 1. The van der Waals surface area contributed by atoms with Crippen LogP contribution in [0.1, 0.15) is 79.8 Å². The molecule has 1 aromatic rings. The predicted octanol–water partition coefficient (Wildman–Crippen LogP) is 4.56. The zero-order chi connectivity index (χ0) is 23.5. The first-order valence-electron chi connectivity index (χ1n) is 12.3. The molecule has 1 saturated heterocycles. The van der Waals surface area contributed by atoms with Crippen LogP contribution < -0.4 is 10.6 Å². The number of nitrogens with zero attached hydrogens (tertiary/aromatic N) is 1. The van der Waals surface area contributed by atoms with Crippen molar-refractivity contribution < 1.29 is 18.4 Å². The molecule has 4 rings (SSSR count). The summed E-state index contributed by atoms with van der Waals surface area (Å²) in [6.07, 6.45) is 4.93. The van der Waals surface area contributed by atoms with Crippen molar-refractivity contribution in [2.24, 2.45) is 5.92 Å². The van der Waals surface area contributed by atoms with Crippen molar-refractivity contribution >= 4 is 11.8 Å². The van der Waals surface area contributed by atoms with Crippen molar-refractivity contribution in [1.82, 2.24) is 15.5 Å². The maximum Gasteiger partial charge on any atom is 0.255 e. The van der Waals surface area contributed by atoms with Gasteiger partial charge in [0.15, 0.2) is 0 Å². The van der Waals surface area contributed by atoms with E-state index in [1.165, 1.54) is 18.4 Å². The van der Waals surface area contributed by atoms with Gasteiger partial charge in [0.1, 0.15) is 6.04 Å². The van der Waals surface area contributed by atoms with Gasteiger partial charge in [-0.25, -0.2) is 8.78 Å². The van der Waals surface area contributed by atoms with E-state index >= 15 is 0 Å². The molecule has 0 radical (unpaired) electrons. The van der Waals surface area contributed by atoms with E-state index in [4.69, 9.17) is 0 Å². The molecule has 7 heteroatoms. The van der Waals surface area contributed by atoms with E-state index < -0.39 is 12.5 Å². The number of halogens is 2. The highest BCUT2D eigenvalue weighted by atomic mass is 19.3. The van der Waals surface area contributed by atoms with Gasteiger partial charge in [0.25, 0.3) is 5.91 Å². The Kier molecular flexibility index (Phi) is 7.47. The van der Waals surface area contributed by atoms with Crippen LogP contribution in [0.5, 0.6) is 0 Å². The average Bonchev–Trinajstić information content (AvgIpc) is 3.09. The zero-order valence-electron chi connectivity index (χ0n) is 19.4. The number of benzene rings is 1. The molecule has 0 spiro atoms. The monoisotopic (exact) mass is 459 g/mol. The summed E-state index contributed by atoms with van der Waals surface area (Å²) in [6, 6.07) is 6.03. The van der Waals surface area contributed by atoms with Crippen LogP contribution in [-0.2, 0) is 17.8 Å². The van der Waals surface area contributed by atoms with Gasteiger partial charge in [-0.3, -0.25) is 9.59 Å². The molecule has 180 valence electrons. The summed E-state index contributed by atoms with van der Waals surface area (Å²) in [5.74, 6) is 0.230. The third-order valence-electron chi connectivity index (χ3n) is 7.42. The number of piperidine rings is 1. The van der Waals surface area contributed by atoms with E-state index in [0.29, 0.717) is 49.0 Å². The number of hydrogen-bond acceptors (Lipinski definition) is 3. The Morgan fingerprint density at radius 1 is 1.18 bits per heavy atom. The first kappa shape index (κ1) is 23.9. The number of nitrogens with one attached hydrogen (secondary N) is 2. The Balaban J connectivity index is 1.40. The highest BCUT2D eigenvalue weighted by Crippen LogP contribution is 2.32. The minimum Gasteiger partial charge on any atom is -0.329 e. The van der Waals surface area contributed by atoms with Gasteiger partial charge in [-0.15, -0.1) is 0 Å². The van der Waals surface area contributed by atoms with Gasteiger partial charge in [-0.2, -0.15) is 0 Å². The van der Waals surface area contributed by atoms with Crippen molar-refractivity contribution in [2.75, 3.05) is 0 Å². The van der Waals surface area contributed by atoms with Crippen LogP contribution in [0.15, 0.2) is 30.5 Å². The molecule has 5 nitrogen and oxygen atoms in total. The van der Waals surface area contributed by atoms with Crippen LogP contribution in [0.2, 0.25) is 0 Å². The van der Waals surface area contributed by atoms with Gasteiger partial charge in [0, 0.05) is 36.3 Å². The maximum atomic E-state index is 13.0. The van der Waals surface area contributed by atoms with Gasteiger partial charge in [-0.1, -0.05) is 31.6 Å². The first-order chi connectivity index (χ1) is 15.8. The summed E-state index contributed by atoms with van der Waals surface area (Å²) in [5, 5.41) is 6.39. The Bertz CT molecular complexity index is 904. The molecule has 0 bridgehead atoms. The summed E-state index contributed by atoms with van der Waals surface area (Å²) >= 11 is 0. The standard InChI is InChI=1S/C26H35F2N3O2/c1-16(8-12-24(27)28)29-22-6-4-3-5-19(22)13-18-9-10-21-20(14-18)15-31(26(21)33)23-11-7-17(2)30-25(23)32/h9-10,14,16,19,22-24,29H,2-8,11-13,15H2,1H3,(H,30,32)/t16-,19+,22-,23?/m0/s1. The van der Waals surface area contributed by atoms with Crippen LogP contribution >= 0.6 is 0 Å². The molecule has 2 heterocycles. The number of amides is 2. The minimum atomic E-state index is -2.25. The molecule has 1 aromatic carbocycles. The molecular formula is C26H35F2N3O2. The smallest absolute Gasteiger partial charge is 0.255 e. The van der Waals surface area contributed by atoms with E-state index in [9.17, 15) is 18.4 Å². The van der Waals surface area contributed by atoms with Crippen LogP contribution in [-0.4, -0.2) is 41.3 Å². The number of alkyl halides is 2. The molecular weight excluding hydrogens is 424 g/mol. The normalized spacial score (nSPS) is 26.5. The van der Waals surface area contributed by atoms with Gasteiger partial charge in [0.2, 0.25) is 12.3 Å². The lowest BCUT2D eigenvalue weighted by Crippen LogP contribution is -2.49. The molecule has 2 N–H and O–H groups in total. The van der Waals surface area contributed by atoms with E-state index in [1.54, 1.807) is 4.90 Å². The highest BCUT2D eigenvalue weighted by molar-refractivity contribution is 6.01. The Morgan fingerprint density at radius 2 is 1.97 bits per heavy atom. The number of rotatable bonds is 8. The van der Waals surface area contributed by atoms with E-state index in [1.807, 2.05) is 19.1 Å². The third-order valence-corrected chi connectivity index (χ3v) is 7.42. The zero-order valence-corrected chi connectivity index (χ0v) is 19.4. The Labute approximate surface area is 195 Å². The van der Waals surface area contributed by atoms with Crippen LogP contribution in [0.25, 0.3) is 0 Å². The Morgan fingerprint density at radius 3 is 2.73 bits per heavy atom. The van der Waals surface area contributed by atoms with E-state index in [2.05, 4.69) is 23.3 Å². The molecule has 2 amide bonds. The fourth-order valence-corrected chi connectivity index (χ4v) is 5.63. The quantitative estimate of drug-likeness (QED) is 0.599. The second kappa shape index (κ2) is 10.3. The molecule has 3 aliphatic rings. The van der Waals surface area contributed by atoms with Crippen molar-refractivity contribution in [3.8, 4) is 0 Å². The van der Waals surface area contributed by atoms with Crippen molar-refractivity contribution in [1.29, 1.82) is 0 Å². The second-order valence-corrected chi connectivity index (χ2v) is 9.96. The number of hydrogen-bond donors (Lipinski definition) is 2. The average molecular weight is 460 g/mol. The molecule has 1 saturated carbocycles. The van der Waals surface area contributed by atoms with E-state index in [0.717, 1.165) is 24.8 Å². The van der Waals surface area contributed by atoms with Crippen molar-refractivity contribution in [3.63, 3.8) is 0 Å². The SMILES string of the molecule is C=C1CCC(N2Cc3cc(C[C@H]4CCCC[C@@H]4N[C@@H](C)CCC(F)F)ccc3C2=O)C(=O)N1. The molecule has 2 aliphatic heterocycles. The molecule has 0 aromatic heterocycles. The molecule has 4 atom stereocenters. The topological polar surface area (TPSA) is 61.4 Å². The van der Waals surface area contributed by atoms with Crippen LogP contribution in [0.4, 0.5) is 8.78 Å². The number of fused-ring (bicyclic) bond motifs is 1. The molecule has 1 aliphatic carbocycles. The summed E-state index contributed by atoms with van der Waals surface area (Å²) < 4.78 is 25.2. The van der Waals surface area contributed by atoms with Gasteiger partial charge >= 0.3 is 0 Å². The Hall–Kier alpha value is -2.28. The number of carbonyl (C=O) groups is 2. The lowest BCUT2D eigenvalue weighted by atomic mass is 9.80. The lowest BCUT2D eigenvalue weighted by molar-refractivity contribution is -0.126. The molecule has 33 heavy (non-hydrogen) atoms. The summed E-state index contributed by atoms with van der Waals surface area (Å²) in [4.78, 5) is 27.1. The fourth-order valence-electron chi connectivity index (χ4n) is 5.63. The van der Waals surface area contributed by atoms with Crippen LogP contribution in [0.3, 0.4) is 0 Å². The van der Waals surface area contributed by atoms with Gasteiger partial charge in [0.05, 0.1) is 0 Å².